The predicted octanol–water partition coefficient (Wildman–Crippen LogP) is 3.98. The van der Waals surface area contributed by atoms with E-state index >= 15 is 0 Å². The Morgan fingerprint density at radius 1 is 1.29 bits per heavy atom. The smallest absolute Gasteiger partial charge is 0.321 e. The summed E-state index contributed by atoms with van der Waals surface area (Å²) in [5, 5.41) is 11.7. The number of nitrogens with zero attached hydrogens (tertiary/aromatic N) is 2. The van der Waals surface area contributed by atoms with E-state index in [1.54, 1.807) is 24.1 Å². The Morgan fingerprint density at radius 3 is 2.76 bits per heavy atom. The molecular weight excluding hydrogens is 330 g/mol. The van der Waals surface area contributed by atoms with Crippen molar-refractivity contribution in [3.63, 3.8) is 0 Å². The summed E-state index contributed by atoms with van der Waals surface area (Å²) in [6.07, 6.45) is 0. The number of carbonyl (C=O) groups is 1. The summed E-state index contributed by atoms with van der Waals surface area (Å²) >= 11 is 3.39. The third-order valence-corrected chi connectivity index (χ3v) is 3.63. The van der Waals surface area contributed by atoms with Crippen molar-refractivity contribution in [3.05, 3.63) is 64.1 Å². The second kappa shape index (κ2) is 6.91. The van der Waals surface area contributed by atoms with Gasteiger partial charge in [-0.05, 0) is 45.8 Å². The molecule has 4 nitrogen and oxygen atoms in total. The number of nitriles is 1. The zero-order valence-electron chi connectivity index (χ0n) is 11.5. The first-order chi connectivity index (χ1) is 10.1. The Morgan fingerprint density at radius 2 is 2.05 bits per heavy atom. The van der Waals surface area contributed by atoms with Crippen LogP contribution in [0.5, 0.6) is 0 Å². The van der Waals surface area contributed by atoms with Crippen LogP contribution in [0, 0.1) is 11.3 Å². The van der Waals surface area contributed by atoms with Crippen LogP contribution in [0.1, 0.15) is 11.1 Å². The van der Waals surface area contributed by atoms with Gasteiger partial charge in [0.25, 0.3) is 0 Å². The number of amides is 2. The number of para-hydroxylation sites is 1. The third-order valence-electron chi connectivity index (χ3n) is 2.94. The Balaban J connectivity index is 2.03. The number of halogens is 1. The van der Waals surface area contributed by atoms with Gasteiger partial charge in [0, 0.05) is 18.1 Å². The maximum atomic E-state index is 12.2. The van der Waals surface area contributed by atoms with Gasteiger partial charge in [-0.1, -0.05) is 24.3 Å². The van der Waals surface area contributed by atoms with Crippen LogP contribution in [0.4, 0.5) is 10.5 Å². The first-order valence-corrected chi connectivity index (χ1v) is 7.15. The molecule has 1 N–H and O–H groups in total. The molecular formula is C16H14BrN3O. The van der Waals surface area contributed by atoms with E-state index in [9.17, 15) is 4.79 Å². The highest BCUT2D eigenvalue weighted by Crippen LogP contribution is 2.21. The summed E-state index contributed by atoms with van der Waals surface area (Å²) in [4.78, 5) is 13.7. The largest absolute Gasteiger partial charge is 0.323 e. The zero-order valence-corrected chi connectivity index (χ0v) is 13.1. The third kappa shape index (κ3) is 4.07. The van der Waals surface area contributed by atoms with Crippen molar-refractivity contribution < 1.29 is 4.79 Å². The maximum absolute atomic E-state index is 12.2. The van der Waals surface area contributed by atoms with Crippen LogP contribution in [0.2, 0.25) is 0 Å². The number of carbonyl (C=O) groups excluding carboxylic acids is 1. The molecule has 2 aromatic rings. The van der Waals surface area contributed by atoms with Gasteiger partial charge in [-0.3, -0.25) is 0 Å². The highest BCUT2D eigenvalue weighted by Gasteiger charge is 2.11. The summed E-state index contributed by atoms with van der Waals surface area (Å²) in [5.41, 5.74) is 2.23. The Labute approximate surface area is 132 Å². The van der Waals surface area contributed by atoms with Gasteiger partial charge in [0.05, 0.1) is 17.3 Å². The van der Waals surface area contributed by atoms with Gasteiger partial charge >= 0.3 is 6.03 Å². The molecule has 0 saturated heterocycles. The molecule has 2 rings (SSSR count). The summed E-state index contributed by atoms with van der Waals surface area (Å²) in [5.74, 6) is 0. The molecule has 0 fully saturated rings. The van der Waals surface area contributed by atoms with Crippen molar-refractivity contribution >= 4 is 27.6 Å². The topological polar surface area (TPSA) is 56.1 Å². The Hall–Kier alpha value is -2.32. The molecule has 2 aromatic carbocycles. The number of nitrogens with one attached hydrogen (secondary N) is 1. The number of hydrogen-bond donors (Lipinski definition) is 1. The van der Waals surface area contributed by atoms with E-state index < -0.39 is 0 Å². The van der Waals surface area contributed by atoms with Gasteiger partial charge < -0.3 is 10.2 Å². The highest BCUT2D eigenvalue weighted by molar-refractivity contribution is 9.10. The Bertz CT molecular complexity index is 694. The number of benzene rings is 2. The van der Waals surface area contributed by atoms with Gasteiger partial charge in [0.2, 0.25) is 0 Å². The molecule has 0 aliphatic heterocycles. The average Bonchev–Trinajstić information content (AvgIpc) is 2.49. The fourth-order valence-electron chi connectivity index (χ4n) is 1.86. The standard InChI is InChI=1S/C16H14BrN3O/c1-20(11-13-6-4-5-12(9-13)10-18)16(21)19-15-8-3-2-7-14(15)17/h2-9H,11H2,1H3,(H,19,21). The normalized spacial score (nSPS) is 9.76. The lowest BCUT2D eigenvalue weighted by Gasteiger charge is -2.18. The lowest BCUT2D eigenvalue weighted by atomic mass is 10.1. The van der Waals surface area contributed by atoms with Crippen LogP contribution >= 0.6 is 15.9 Å². The van der Waals surface area contributed by atoms with E-state index in [0.717, 1.165) is 15.7 Å². The number of urea groups is 1. The van der Waals surface area contributed by atoms with E-state index in [4.69, 9.17) is 5.26 Å². The maximum Gasteiger partial charge on any atom is 0.321 e. The molecule has 0 heterocycles. The predicted molar refractivity (Wildman–Crippen MR) is 85.8 cm³/mol. The SMILES string of the molecule is CN(Cc1cccc(C#N)c1)C(=O)Nc1ccccc1Br. The molecule has 21 heavy (non-hydrogen) atoms. The molecule has 5 heteroatoms. The first kappa shape index (κ1) is 15.1. The Kier molecular flexibility index (Phi) is 4.96. The number of rotatable bonds is 3. The summed E-state index contributed by atoms with van der Waals surface area (Å²) in [7, 11) is 1.71. The first-order valence-electron chi connectivity index (χ1n) is 6.36. The van der Waals surface area contributed by atoms with Crippen LogP contribution < -0.4 is 5.32 Å². The molecule has 0 bridgehead atoms. The fourth-order valence-corrected chi connectivity index (χ4v) is 2.24. The minimum atomic E-state index is -0.204. The number of anilines is 1. The molecule has 106 valence electrons. The fraction of sp³-hybridized carbons (Fsp3) is 0.125. The van der Waals surface area contributed by atoms with Gasteiger partial charge in [-0.25, -0.2) is 4.79 Å². The molecule has 0 saturated carbocycles. The molecule has 2 amide bonds. The van der Waals surface area contributed by atoms with Gasteiger partial charge in [0.15, 0.2) is 0 Å². The summed E-state index contributed by atoms with van der Waals surface area (Å²) in [6.45, 7) is 0.436. The van der Waals surface area contributed by atoms with Crippen LogP contribution in [-0.4, -0.2) is 18.0 Å². The van der Waals surface area contributed by atoms with E-state index in [-0.39, 0.29) is 6.03 Å². The zero-order chi connectivity index (χ0) is 15.2. The monoisotopic (exact) mass is 343 g/mol. The van der Waals surface area contributed by atoms with Gasteiger partial charge in [-0.2, -0.15) is 5.26 Å². The molecule has 0 atom stereocenters. The quantitative estimate of drug-likeness (QED) is 0.916. The van der Waals surface area contributed by atoms with E-state index in [1.807, 2.05) is 36.4 Å². The van der Waals surface area contributed by atoms with Crippen molar-refractivity contribution in [2.75, 3.05) is 12.4 Å². The molecule has 0 aliphatic rings. The second-order valence-electron chi connectivity index (χ2n) is 4.58. The molecule has 0 spiro atoms. The van der Waals surface area contributed by atoms with E-state index in [1.165, 1.54) is 0 Å². The minimum Gasteiger partial charge on any atom is -0.323 e. The van der Waals surface area contributed by atoms with E-state index in [2.05, 4.69) is 27.3 Å². The van der Waals surface area contributed by atoms with Crippen LogP contribution in [0.15, 0.2) is 53.0 Å². The number of hydrogen-bond acceptors (Lipinski definition) is 2. The lowest BCUT2D eigenvalue weighted by Crippen LogP contribution is -2.30. The minimum absolute atomic E-state index is 0.204. The lowest BCUT2D eigenvalue weighted by molar-refractivity contribution is 0.220. The second-order valence-corrected chi connectivity index (χ2v) is 5.43. The van der Waals surface area contributed by atoms with Crippen LogP contribution in [-0.2, 0) is 6.54 Å². The molecule has 0 radical (unpaired) electrons. The summed E-state index contributed by atoms with van der Waals surface area (Å²) < 4.78 is 0.832. The van der Waals surface area contributed by atoms with Crippen molar-refractivity contribution in [2.24, 2.45) is 0 Å². The van der Waals surface area contributed by atoms with Gasteiger partial charge in [0.1, 0.15) is 0 Å². The van der Waals surface area contributed by atoms with Crippen molar-refractivity contribution in [1.82, 2.24) is 4.90 Å². The molecule has 0 aromatic heterocycles. The average molecular weight is 344 g/mol. The molecule has 0 unspecified atom stereocenters. The van der Waals surface area contributed by atoms with E-state index in [0.29, 0.717) is 12.1 Å². The summed E-state index contributed by atoms with van der Waals surface area (Å²) in [6, 6.07) is 16.5. The van der Waals surface area contributed by atoms with Crippen molar-refractivity contribution in [1.29, 1.82) is 5.26 Å². The van der Waals surface area contributed by atoms with Gasteiger partial charge in [-0.15, -0.1) is 0 Å². The van der Waals surface area contributed by atoms with Crippen LogP contribution in [0.25, 0.3) is 0 Å². The van der Waals surface area contributed by atoms with Crippen molar-refractivity contribution in [3.8, 4) is 6.07 Å². The van der Waals surface area contributed by atoms with Crippen LogP contribution in [0.3, 0.4) is 0 Å². The van der Waals surface area contributed by atoms with Crippen molar-refractivity contribution in [2.45, 2.75) is 6.54 Å². The highest BCUT2D eigenvalue weighted by atomic mass is 79.9. The molecule has 0 aliphatic carbocycles.